The highest BCUT2D eigenvalue weighted by Gasteiger charge is 2.41. The van der Waals surface area contributed by atoms with Crippen LogP contribution in [-0.2, 0) is 19.1 Å². The van der Waals surface area contributed by atoms with E-state index in [9.17, 15) is 20.0 Å². The molecule has 0 aliphatic carbocycles. The van der Waals surface area contributed by atoms with Crippen molar-refractivity contribution >= 4 is 11.9 Å². The van der Waals surface area contributed by atoms with E-state index in [1.54, 1.807) is 0 Å². The molecule has 200 valence electrons. The first-order chi connectivity index (χ1) is 15.6. The second kappa shape index (κ2) is 13.2. The molecule has 1 saturated heterocycles. The van der Waals surface area contributed by atoms with E-state index < -0.39 is 16.6 Å². The molecule has 0 saturated carbocycles. The minimum Gasteiger partial charge on any atom is -0.785 e. The summed E-state index contributed by atoms with van der Waals surface area (Å²) >= 11 is 0. The van der Waals surface area contributed by atoms with Crippen LogP contribution in [0.3, 0.4) is 0 Å². The van der Waals surface area contributed by atoms with Crippen molar-refractivity contribution in [1.29, 1.82) is 0 Å². The number of nitrogens with zero attached hydrogens (tertiary/aromatic N) is 2. The number of unbranched alkanes of at least 4 members (excludes halogenated alkanes) is 5. The summed E-state index contributed by atoms with van der Waals surface area (Å²) < 4.78 is 11.1. The van der Waals surface area contributed by atoms with Gasteiger partial charge in [-0.05, 0) is 68.4 Å². The van der Waals surface area contributed by atoms with Crippen molar-refractivity contribution in [3.63, 3.8) is 0 Å². The van der Waals surface area contributed by atoms with Gasteiger partial charge in [0.05, 0.1) is 0 Å². The molecule has 0 aromatic rings. The Labute approximate surface area is 206 Å². The monoisotopic (exact) mass is 484 g/mol. The van der Waals surface area contributed by atoms with Gasteiger partial charge in [-0.3, -0.25) is 9.59 Å². The van der Waals surface area contributed by atoms with E-state index in [4.69, 9.17) is 9.47 Å². The molecular weight excluding hydrogens is 436 g/mol. The highest BCUT2D eigenvalue weighted by atomic mass is 16.6. The number of esters is 2. The molecule has 1 heterocycles. The van der Waals surface area contributed by atoms with Crippen molar-refractivity contribution in [2.24, 2.45) is 0 Å². The fraction of sp³-hybridized carbons (Fsp3) is 0.923. The topological polar surface area (TPSA) is 105 Å². The SMILES string of the molecule is CC(CC(C)(C)N(C)[O-])OC(=O)CCCCCCCCC(=O)OC1CC(C)(C)N([O-])C(C)(C)C1. The van der Waals surface area contributed by atoms with Crippen molar-refractivity contribution in [1.82, 2.24) is 10.1 Å². The molecule has 34 heavy (non-hydrogen) atoms. The molecule has 0 spiro atoms. The van der Waals surface area contributed by atoms with Gasteiger partial charge < -0.3 is 30.0 Å². The molecule has 0 aromatic carbocycles. The van der Waals surface area contributed by atoms with Gasteiger partial charge in [-0.1, -0.05) is 25.7 Å². The number of ether oxygens (including phenoxy) is 2. The molecule has 0 amide bonds. The zero-order valence-electron chi connectivity index (χ0n) is 22.8. The van der Waals surface area contributed by atoms with Crippen LogP contribution in [0.2, 0.25) is 0 Å². The predicted octanol–water partition coefficient (Wildman–Crippen LogP) is 5.70. The minimum absolute atomic E-state index is 0.181. The third-order valence-corrected chi connectivity index (χ3v) is 6.84. The van der Waals surface area contributed by atoms with Crippen molar-refractivity contribution in [3.05, 3.63) is 10.4 Å². The lowest BCUT2D eigenvalue weighted by Gasteiger charge is -2.59. The van der Waals surface area contributed by atoms with Gasteiger partial charge in [-0.2, -0.15) is 0 Å². The maximum Gasteiger partial charge on any atom is 0.306 e. The molecule has 1 unspecified atom stereocenters. The third-order valence-electron chi connectivity index (χ3n) is 6.84. The lowest BCUT2D eigenvalue weighted by Crippen LogP contribution is -2.59. The molecule has 0 radical (unpaired) electrons. The van der Waals surface area contributed by atoms with E-state index in [0.717, 1.165) is 48.7 Å². The molecule has 1 fully saturated rings. The summed E-state index contributed by atoms with van der Waals surface area (Å²) in [7, 11) is 1.48. The molecule has 1 atom stereocenters. The van der Waals surface area contributed by atoms with E-state index in [0.29, 0.717) is 32.1 Å². The summed E-state index contributed by atoms with van der Waals surface area (Å²) in [4.78, 5) is 24.2. The highest BCUT2D eigenvalue weighted by Crippen LogP contribution is 2.38. The average molecular weight is 485 g/mol. The Morgan fingerprint density at radius 1 is 0.971 bits per heavy atom. The molecule has 1 rings (SSSR count). The van der Waals surface area contributed by atoms with Crippen LogP contribution in [0, 0.1) is 10.4 Å². The highest BCUT2D eigenvalue weighted by molar-refractivity contribution is 5.69. The number of piperidine rings is 1. The van der Waals surface area contributed by atoms with Crippen LogP contribution in [0.5, 0.6) is 0 Å². The Hall–Kier alpha value is -1.22. The summed E-state index contributed by atoms with van der Waals surface area (Å²) in [5, 5.41) is 26.0. The van der Waals surface area contributed by atoms with Crippen LogP contribution in [0.1, 0.15) is 119 Å². The Bertz CT molecular complexity index is 629. The maximum absolute atomic E-state index is 12.4. The van der Waals surface area contributed by atoms with E-state index in [2.05, 4.69) is 0 Å². The van der Waals surface area contributed by atoms with Crippen LogP contribution in [0.25, 0.3) is 0 Å². The zero-order valence-corrected chi connectivity index (χ0v) is 22.8. The Balaban J connectivity index is 2.12. The Kier molecular flexibility index (Phi) is 12.0. The van der Waals surface area contributed by atoms with Gasteiger partial charge in [0.25, 0.3) is 0 Å². The number of rotatable bonds is 14. The molecule has 0 N–H and O–H groups in total. The molecule has 8 nitrogen and oxygen atoms in total. The van der Waals surface area contributed by atoms with Crippen molar-refractivity contribution < 1.29 is 19.1 Å². The standard InChI is InChI=1S/C26H48N2O6/c1-20(17-24(2,3)27(8)31)33-22(29)15-13-11-9-10-12-14-16-23(30)34-21-18-25(4,5)28(32)26(6,7)19-21/h20-21H,9-19H2,1-8H3/q-2. The number of hydrogen-bond donors (Lipinski definition) is 0. The Morgan fingerprint density at radius 2 is 1.41 bits per heavy atom. The number of hydrogen-bond acceptors (Lipinski definition) is 8. The van der Waals surface area contributed by atoms with Crippen molar-refractivity contribution in [2.75, 3.05) is 7.05 Å². The first-order valence-corrected chi connectivity index (χ1v) is 12.8. The lowest BCUT2D eigenvalue weighted by molar-refractivity contribution is -0.158. The van der Waals surface area contributed by atoms with Gasteiger partial charge in [0, 0.05) is 48.7 Å². The van der Waals surface area contributed by atoms with Crippen LogP contribution in [0.15, 0.2) is 0 Å². The number of hydroxylamine groups is 4. The zero-order chi connectivity index (χ0) is 26.2. The molecule has 0 aromatic heterocycles. The fourth-order valence-electron chi connectivity index (χ4n) is 4.90. The van der Waals surface area contributed by atoms with E-state index in [1.165, 1.54) is 7.05 Å². The smallest absolute Gasteiger partial charge is 0.306 e. The van der Waals surface area contributed by atoms with Crippen LogP contribution in [-0.4, -0.2) is 57.9 Å². The van der Waals surface area contributed by atoms with Crippen molar-refractivity contribution in [2.45, 2.75) is 148 Å². The lowest BCUT2D eigenvalue weighted by atomic mass is 9.80. The summed E-state index contributed by atoms with van der Waals surface area (Å²) in [5.41, 5.74) is -1.64. The first kappa shape index (κ1) is 30.8. The largest absolute Gasteiger partial charge is 0.785 e. The second-order valence-corrected chi connectivity index (χ2v) is 11.9. The van der Waals surface area contributed by atoms with Crippen LogP contribution < -0.4 is 0 Å². The average Bonchev–Trinajstić information content (AvgIpc) is 2.66. The van der Waals surface area contributed by atoms with Gasteiger partial charge >= 0.3 is 11.9 Å². The van der Waals surface area contributed by atoms with Crippen LogP contribution in [0.4, 0.5) is 0 Å². The maximum atomic E-state index is 12.4. The summed E-state index contributed by atoms with van der Waals surface area (Å²) in [6.45, 7) is 13.1. The summed E-state index contributed by atoms with van der Waals surface area (Å²) in [5.74, 6) is -0.395. The summed E-state index contributed by atoms with van der Waals surface area (Å²) in [6, 6.07) is 0. The Morgan fingerprint density at radius 3 is 1.88 bits per heavy atom. The molecule has 1 aliphatic heterocycles. The van der Waals surface area contributed by atoms with E-state index in [-0.39, 0.29) is 24.1 Å². The molecule has 1 aliphatic rings. The van der Waals surface area contributed by atoms with Crippen LogP contribution >= 0.6 is 0 Å². The van der Waals surface area contributed by atoms with Gasteiger partial charge in [0.2, 0.25) is 0 Å². The number of carbonyl (C=O) groups is 2. The predicted molar refractivity (Wildman–Crippen MR) is 135 cm³/mol. The van der Waals surface area contributed by atoms with Gasteiger partial charge in [0.1, 0.15) is 12.2 Å². The molecular formula is C26H48N2O6-2. The van der Waals surface area contributed by atoms with Gasteiger partial charge in [0.15, 0.2) is 0 Å². The normalized spacial score (nSPS) is 19.7. The van der Waals surface area contributed by atoms with E-state index in [1.807, 2.05) is 48.5 Å². The summed E-state index contributed by atoms with van der Waals surface area (Å²) in [6.07, 6.45) is 7.38. The third kappa shape index (κ3) is 10.6. The molecule has 0 bridgehead atoms. The first-order valence-electron chi connectivity index (χ1n) is 12.8. The molecule has 8 heteroatoms. The van der Waals surface area contributed by atoms with Gasteiger partial charge in [-0.25, -0.2) is 0 Å². The van der Waals surface area contributed by atoms with Gasteiger partial charge in [-0.15, -0.1) is 0 Å². The second-order valence-electron chi connectivity index (χ2n) is 11.9. The fourth-order valence-corrected chi connectivity index (χ4v) is 4.90. The quantitative estimate of drug-likeness (QED) is 0.176. The number of carbonyl (C=O) groups excluding carboxylic acids is 2. The van der Waals surface area contributed by atoms with Crippen molar-refractivity contribution in [3.8, 4) is 0 Å². The van der Waals surface area contributed by atoms with E-state index >= 15 is 0 Å². The minimum atomic E-state index is -0.562.